The fourth-order valence-electron chi connectivity index (χ4n) is 4.17. The van der Waals surface area contributed by atoms with Gasteiger partial charge in [0.1, 0.15) is 5.82 Å². The molecule has 4 rings (SSSR count). The summed E-state index contributed by atoms with van der Waals surface area (Å²) in [6.45, 7) is 4.81. The Bertz CT molecular complexity index is 668. The summed E-state index contributed by atoms with van der Waals surface area (Å²) < 4.78 is 0. The molecule has 2 amide bonds. The maximum Gasteiger partial charge on any atom is 0.257 e. The van der Waals surface area contributed by atoms with Gasteiger partial charge >= 0.3 is 0 Å². The third-order valence-corrected chi connectivity index (χ3v) is 5.97. The van der Waals surface area contributed by atoms with Crippen molar-refractivity contribution in [3.05, 3.63) is 23.9 Å². The van der Waals surface area contributed by atoms with Gasteiger partial charge in [-0.15, -0.1) is 0 Å². The van der Waals surface area contributed by atoms with E-state index >= 15 is 0 Å². The van der Waals surface area contributed by atoms with Crippen LogP contribution in [0.2, 0.25) is 0 Å². The van der Waals surface area contributed by atoms with E-state index in [2.05, 4.69) is 9.88 Å². The second kappa shape index (κ2) is 7.64. The zero-order valence-electron chi connectivity index (χ0n) is 15.4. The van der Waals surface area contributed by atoms with Crippen molar-refractivity contribution in [2.24, 2.45) is 5.92 Å². The third kappa shape index (κ3) is 3.41. The monoisotopic (exact) mass is 356 g/mol. The van der Waals surface area contributed by atoms with E-state index in [-0.39, 0.29) is 11.8 Å². The largest absolute Gasteiger partial charge is 0.354 e. The predicted molar refractivity (Wildman–Crippen MR) is 100 cm³/mol. The minimum Gasteiger partial charge on any atom is -0.354 e. The first kappa shape index (κ1) is 17.3. The van der Waals surface area contributed by atoms with E-state index in [4.69, 9.17) is 0 Å². The van der Waals surface area contributed by atoms with Crippen LogP contribution in [0, 0.1) is 5.92 Å². The quantitative estimate of drug-likeness (QED) is 0.833. The van der Waals surface area contributed by atoms with Gasteiger partial charge in [-0.3, -0.25) is 9.59 Å². The maximum absolute atomic E-state index is 12.9. The van der Waals surface area contributed by atoms with Gasteiger partial charge in [0.05, 0.1) is 5.56 Å². The van der Waals surface area contributed by atoms with Crippen LogP contribution in [0.15, 0.2) is 18.3 Å². The van der Waals surface area contributed by atoms with Crippen LogP contribution in [0.25, 0.3) is 0 Å². The molecule has 1 saturated carbocycles. The van der Waals surface area contributed by atoms with Gasteiger partial charge < -0.3 is 14.7 Å². The van der Waals surface area contributed by atoms with Gasteiger partial charge in [0.15, 0.2) is 0 Å². The Morgan fingerprint density at radius 1 is 0.885 bits per heavy atom. The molecule has 140 valence electrons. The molecule has 0 N–H and O–H groups in total. The highest BCUT2D eigenvalue weighted by Crippen LogP contribution is 2.29. The smallest absolute Gasteiger partial charge is 0.257 e. The van der Waals surface area contributed by atoms with Crippen molar-refractivity contribution in [2.45, 2.75) is 38.5 Å². The topological polar surface area (TPSA) is 56.8 Å². The molecular formula is C20H28N4O2. The summed E-state index contributed by atoms with van der Waals surface area (Å²) in [6.07, 6.45) is 8.14. The van der Waals surface area contributed by atoms with E-state index in [1.54, 1.807) is 6.20 Å². The Morgan fingerprint density at radius 2 is 1.65 bits per heavy atom. The molecule has 1 aromatic heterocycles. The minimum absolute atomic E-state index is 0.0947. The first-order valence-electron chi connectivity index (χ1n) is 10.0. The van der Waals surface area contributed by atoms with Gasteiger partial charge in [-0.2, -0.15) is 0 Å². The van der Waals surface area contributed by atoms with Crippen molar-refractivity contribution < 1.29 is 9.59 Å². The Labute approximate surface area is 155 Å². The number of carbonyl (C=O) groups excluding carboxylic acids is 2. The van der Waals surface area contributed by atoms with Crippen molar-refractivity contribution in [2.75, 3.05) is 44.2 Å². The van der Waals surface area contributed by atoms with Crippen molar-refractivity contribution in [3.63, 3.8) is 0 Å². The van der Waals surface area contributed by atoms with Crippen LogP contribution in [0.3, 0.4) is 0 Å². The Kier molecular flexibility index (Phi) is 5.09. The molecule has 2 saturated heterocycles. The molecule has 0 spiro atoms. The fourth-order valence-corrected chi connectivity index (χ4v) is 4.17. The molecule has 2 aliphatic heterocycles. The van der Waals surface area contributed by atoms with Crippen LogP contribution >= 0.6 is 0 Å². The van der Waals surface area contributed by atoms with Gasteiger partial charge in [-0.1, -0.05) is 6.42 Å². The molecule has 6 nitrogen and oxygen atoms in total. The number of hydrogen-bond donors (Lipinski definition) is 0. The first-order valence-corrected chi connectivity index (χ1v) is 10.0. The summed E-state index contributed by atoms with van der Waals surface area (Å²) in [6, 6.07) is 3.74. The molecule has 1 aliphatic carbocycles. The molecule has 6 heteroatoms. The Hall–Kier alpha value is -2.11. The predicted octanol–water partition coefficient (Wildman–Crippen LogP) is 2.16. The third-order valence-electron chi connectivity index (χ3n) is 5.97. The van der Waals surface area contributed by atoms with E-state index in [0.29, 0.717) is 11.5 Å². The number of aromatic nitrogens is 1. The van der Waals surface area contributed by atoms with Crippen molar-refractivity contribution in [3.8, 4) is 0 Å². The Balaban J connectivity index is 1.47. The van der Waals surface area contributed by atoms with Crippen LogP contribution < -0.4 is 4.90 Å². The lowest BCUT2D eigenvalue weighted by molar-refractivity contribution is -0.137. The number of nitrogens with zero attached hydrogens (tertiary/aromatic N) is 4. The summed E-state index contributed by atoms with van der Waals surface area (Å²) >= 11 is 0. The SMILES string of the molecule is O=C(c1cccnc1N1CCCN(C(=O)C2CCC2)CC1)N1CCCC1. The van der Waals surface area contributed by atoms with Crippen LogP contribution in [-0.4, -0.2) is 65.9 Å². The molecule has 26 heavy (non-hydrogen) atoms. The second-order valence-corrected chi connectivity index (χ2v) is 7.67. The normalized spacial score (nSPS) is 21.5. The fraction of sp³-hybridized carbons (Fsp3) is 0.650. The summed E-state index contributed by atoms with van der Waals surface area (Å²) in [4.78, 5) is 36.1. The summed E-state index contributed by atoms with van der Waals surface area (Å²) in [5, 5.41) is 0. The molecule has 1 aromatic rings. The number of anilines is 1. The van der Waals surface area contributed by atoms with Crippen molar-refractivity contribution in [1.29, 1.82) is 0 Å². The number of carbonyl (C=O) groups is 2. The molecule has 3 fully saturated rings. The lowest BCUT2D eigenvalue weighted by atomic mass is 9.84. The summed E-state index contributed by atoms with van der Waals surface area (Å²) in [7, 11) is 0. The molecular weight excluding hydrogens is 328 g/mol. The maximum atomic E-state index is 12.9. The van der Waals surface area contributed by atoms with Crippen LogP contribution in [-0.2, 0) is 4.79 Å². The van der Waals surface area contributed by atoms with Gasteiger partial charge in [0.2, 0.25) is 5.91 Å². The van der Waals surface area contributed by atoms with E-state index in [1.807, 2.05) is 21.9 Å². The molecule has 0 unspecified atom stereocenters. The number of hydrogen-bond acceptors (Lipinski definition) is 4. The van der Waals surface area contributed by atoms with Crippen LogP contribution in [0.4, 0.5) is 5.82 Å². The van der Waals surface area contributed by atoms with E-state index in [9.17, 15) is 9.59 Å². The summed E-state index contributed by atoms with van der Waals surface area (Å²) in [5.41, 5.74) is 0.702. The van der Waals surface area contributed by atoms with E-state index < -0.39 is 0 Å². The number of likely N-dealkylation sites (tertiary alicyclic amines) is 1. The Morgan fingerprint density at radius 3 is 2.38 bits per heavy atom. The first-order chi connectivity index (χ1) is 12.7. The molecule has 3 heterocycles. The van der Waals surface area contributed by atoms with Crippen molar-refractivity contribution >= 4 is 17.6 Å². The molecule has 0 atom stereocenters. The molecule has 0 bridgehead atoms. The molecule has 3 aliphatic rings. The van der Waals surface area contributed by atoms with Gasteiger partial charge in [-0.25, -0.2) is 4.98 Å². The zero-order chi connectivity index (χ0) is 17.9. The number of amides is 2. The highest BCUT2D eigenvalue weighted by atomic mass is 16.2. The van der Waals surface area contributed by atoms with Gasteiger partial charge in [0, 0.05) is 51.4 Å². The molecule has 0 radical (unpaired) electrons. The van der Waals surface area contributed by atoms with E-state index in [1.165, 1.54) is 6.42 Å². The molecule has 0 aromatic carbocycles. The number of rotatable bonds is 3. The average Bonchev–Trinajstić information content (AvgIpc) is 3.04. The number of pyridine rings is 1. The van der Waals surface area contributed by atoms with Crippen LogP contribution in [0.5, 0.6) is 0 Å². The summed E-state index contributed by atoms with van der Waals surface area (Å²) in [5.74, 6) is 1.45. The highest BCUT2D eigenvalue weighted by molar-refractivity contribution is 5.99. The van der Waals surface area contributed by atoms with Crippen molar-refractivity contribution in [1.82, 2.24) is 14.8 Å². The second-order valence-electron chi connectivity index (χ2n) is 7.67. The minimum atomic E-state index is 0.0947. The van der Waals surface area contributed by atoms with Gasteiger partial charge in [-0.05, 0) is 44.2 Å². The highest BCUT2D eigenvalue weighted by Gasteiger charge is 2.31. The van der Waals surface area contributed by atoms with Crippen LogP contribution in [0.1, 0.15) is 48.9 Å². The van der Waals surface area contributed by atoms with E-state index in [0.717, 1.165) is 77.2 Å². The zero-order valence-corrected chi connectivity index (χ0v) is 15.4. The standard InChI is InChI=1S/C20H28N4O2/c25-19(16-6-3-7-16)24-13-5-12-22(14-15-24)18-17(8-4-9-21-18)20(26)23-10-1-2-11-23/h4,8-9,16H,1-3,5-7,10-15H2. The van der Waals surface area contributed by atoms with Gasteiger partial charge in [0.25, 0.3) is 5.91 Å². The average molecular weight is 356 g/mol. The lowest BCUT2D eigenvalue weighted by Gasteiger charge is -2.31. The lowest BCUT2D eigenvalue weighted by Crippen LogP contribution is -2.41.